The van der Waals surface area contributed by atoms with Crippen LogP contribution in [0.2, 0.25) is 0 Å². The van der Waals surface area contributed by atoms with Gasteiger partial charge in [0.2, 0.25) is 0 Å². The van der Waals surface area contributed by atoms with Gasteiger partial charge in [0.05, 0.1) is 11.2 Å². The van der Waals surface area contributed by atoms with E-state index in [0.29, 0.717) is 27.3 Å². The van der Waals surface area contributed by atoms with Crippen LogP contribution in [0.25, 0.3) is 21.7 Å². The third-order valence-corrected chi connectivity index (χ3v) is 8.36. The number of rotatable bonds is 9. The van der Waals surface area contributed by atoms with Crippen molar-refractivity contribution in [3.8, 4) is 0 Å². The van der Waals surface area contributed by atoms with E-state index in [9.17, 15) is 23.1 Å². The first-order chi connectivity index (χ1) is 19.6. The van der Waals surface area contributed by atoms with E-state index in [4.69, 9.17) is 11.1 Å². The molecule has 0 spiro atoms. The molecule has 41 heavy (non-hydrogen) atoms. The van der Waals surface area contributed by atoms with Crippen LogP contribution >= 0.6 is 0 Å². The molecule has 5 aromatic rings. The predicted molar refractivity (Wildman–Crippen MR) is 156 cm³/mol. The number of carbonyl (C=O) groups excluding carboxylic acids is 1. The lowest BCUT2D eigenvalue weighted by Crippen LogP contribution is -2.36. The Balaban J connectivity index is 1.47. The Labute approximate surface area is 235 Å². The predicted octanol–water partition coefficient (Wildman–Crippen LogP) is 3.88. The van der Waals surface area contributed by atoms with Gasteiger partial charge in [0, 0.05) is 29.3 Å². The van der Waals surface area contributed by atoms with Crippen molar-refractivity contribution < 1.29 is 23.1 Å². The maximum atomic E-state index is 13.8. The average molecular weight is 568 g/mol. The molecule has 0 aliphatic heterocycles. The summed E-state index contributed by atoms with van der Waals surface area (Å²) in [6.45, 7) is -0.561. The van der Waals surface area contributed by atoms with Gasteiger partial charge >= 0.3 is 5.97 Å². The first-order valence-corrected chi connectivity index (χ1v) is 13.9. The van der Waals surface area contributed by atoms with Gasteiger partial charge in [-0.05, 0) is 46.7 Å². The smallest absolute Gasteiger partial charge is 0.324 e. The lowest BCUT2D eigenvalue weighted by atomic mass is 10.0. The highest BCUT2D eigenvalue weighted by Crippen LogP contribution is 2.31. The first kappa shape index (κ1) is 27.3. The number of carboxylic acids is 1. The summed E-state index contributed by atoms with van der Waals surface area (Å²) in [4.78, 5) is 29.0. The van der Waals surface area contributed by atoms with Crippen LogP contribution in [0.4, 0.5) is 5.69 Å². The zero-order chi connectivity index (χ0) is 29.1. The second kappa shape index (κ2) is 11.1. The number of aromatic nitrogens is 1. The van der Waals surface area contributed by atoms with Gasteiger partial charge in [-0.25, -0.2) is 8.42 Å². The van der Waals surface area contributed by atoms with E-state index < -0.39 is 22.5 Å². The minimum atomic E-state index is -4.33. The van der Waals surface area contributed by atoms with E-state index >= 15 is 0 Å². The van der Waals surface area contributed by atoms with Gasteiger partial charge in [0.1, 0.15) is 17.3 Å². The number of carboxylic acid groups (broad SMARTS) is 1. The third kappa shape index (κ3) is 5.56. The number of sulfonamides is 1. The van der Waals surface area contributed by atoms with Crippen molar-refractivity contribution >= 4 is 55.1 Å². The van der Waals surface area contributed by atoms with Gasteiger partial charge in [-0.15, -0.1) is 0 Å². The van der Waals surface area contributed by atoms with Crippen LogP contribution < -0.4 is 15.4 Å². The molecule has 1 aromatic heterocycles. The highest BCUT2D eigenvalue weighted by molar-refractivity contribution is 7.93. The van der Waals surface area contributed by atoms with Crippen molar-refractivity contribution in [2.24, 2.45) is 5.73 Å². The number of carbonyl (C=O) groups is 2. The largest absolute Gasteiger partial charge is 0.480 e. The Morgan fingerprint density at radius 3 is 2.37 bits per heavy atom. The number of nitrogens with two attached hydrogens (primary N) is 1. The van der Waals surface area contributed by atoms with Crippen molar-refractivity contribution in [2.45, 2.75) is 11.4 Å². The topological polar surface area (TPSA) is 167 Å². The van der Waals surface area contributed by atoms with E-state index in [1.54, 1.807) is 78.9 Å². The third-order valence-electron chi connectivity index (χ3n) is 6.56. The van der Waals surface area contributed by atoms with E-state index in [2.05, 4.69) is 10.3 Å². The second-order valence-electron chi connectivity index (χ2n) is 9.24. The lowest BCUT2D eigenvalue weighted by Gasteiger charge is -2.24. The molecule has 11 heteroatoms. The zero-order valence-corrected chi connectivity index (χ0v) is 22.4. The number of para-hydroxylation sites is 1. The molecular formula is C30H25N5O5S. The molecule has 4 aromatic carbocycles. The molecular weight excluding hydrogens is 542 g/mol. The summed E-state index contributed by atoms with van der Waals surface area (Å²) in [5, 5.41) is 21.7. The molecule has 0 bridgehead atoms. The molecule has 0 fully saturated rings. The molecule has 1 heterocycles. The Hall–Kier alpha value is -5.29. The van der Waals surface area contributed by atoms with Crippen molar-refractivity contribution in [3.05, 3.63) is 114 Å². The highest BCUT2D eigenvalue weighted by atomic mass is 32.2. The molecule has 1 amide bonds. The van der Waals surface area contributed by atoms with Crippen LogP contribution in [0.3, 0.4) is 0 Å². The first-order valence-electron chi connectivity index (χ1n) is 12.5. The Morgan fingerprint density at radius 1 is 0.927 bits per heavy atom. The fourth-order valence-corrected chi connectivity index (χ4v) is 6.12. The number of benzene rings is 4. The monoisotopic (exact) mass is 567 g/mol. The molecule has 0 atom stereocenters. The number of nitrogen functional groups attached to an aromatic ring is 1. The molecule has 10 nitrogen and oxygen atoms in total. The number of amides is 1. The van der Waals surface area contributed by atoms with Crippen LogP contribution in [-0.4, -0.2) is 42.8 Å². The number of anilines is 1. The molecule has 206 valence electrons. The van der Waals surface area contributed by atoms with E-state index in [0.717, 1.165) is 9.87 Å². The highest BCUT2D eigenvalue weighted by Gasteiger charge is 2.29. The number of nitrogens with one attached hydrogen (secondary N) is 2. The number of nitrogens with zero attached hydrogens (tertiary/aromatic N) is 2. The second-order valence-corrected chi connectivity index (χ2v) is 11.1. The lowest BCUT2D eigenvalue weighted by molar-refractivity contribution is -0.135. The molecule has 0 aliphatic carbocycles. The summed E-state index contributed by atoms with van der Waals surface area (Å²) < 4.78 is 28.5. The quantitative estimate of drug-likeness (QED) is 0.155. The number of hydrogen-bond donors (Lipinski definition) is 4. The maximum Gasteiger partial charge on any atom is 0.324 e. The summed E-state index contributed by atoms with van der Waals surface area (Å²) >= 11 is 0. The molecule has 0 saturated carbocycles. The molecule has 0 aliphatic rings. The summed E-state index contributed by atoms with van der Waals surface area (Å²) in [6, 6.07) is 24.8. The van der Waals surface area contributed by atoms with Gasteiger partial charge < -0.3 is 16.2 Å². The summed E-state index contributed by atoms with van der Waals surface area (Å²) in [5.74, 6) is -1.71. The van der Waals surface area contributed by atoms with Crippen molar-refractivity contribution in [1.82, 2.24) is 10.3 Å². The summed E-state index contributed by atoms with van der Waals surface area (Å²) in [7, 11) is -4.33. The van der Waals surface area contributed by atoms with E-state index in [1.165, 1.54) is 18.3 Å². The van der Waals surface area contributed by atoms with E-state index in [-0.39, 0.29) is 34.4 Å². The summed E-state index contributed by atoms with van der Waals surface area (Å²) in [5.41, 5.74) is 7.64. The van der Waals surface area contributed by atoms with Crippen LogP contribution in [0.5, 0.6) is 0 Å². The van der Waals surface area contributed by atoms with Gasteiger partial charge in [-0.3, -0.25) is 24.3 Å². The van der Waals surface area contributed by atoms with Gasteiger partial charge in [0.25, 0.3) is 15.9 Å². The van der Waals surface area contributed by atoms with Crippen LogP contribution in [0, 0.1) is 5.41 Å². The minimum absolute atomic E-state index is 0.0424. The number of pyridine rings is 1. The zero-order valence-electron chi connectivity index (χ0n) is 21.6. The fourth-order valence-electron chi connectivity index (χ4n) is 4.54. The van der Waals surface area contributed by atoms with Gasteiger partial charge in [0.15, 0.2) is 0 Å². The molecule has 5 N–H and O–H groups in total. The summed E-state index contributed by atoms with van der Waals surface area (Å²) in [6.07, 6.45) is 1.48. The minimum Gasteiger partial charge on any atom is -0.480 e. The van der Waals surface area contributed by atoms with Crippen molar-refractivity contribution in [2.75, 3.05) is 10.8 Å². The molecule has 5 rings (SSSR count). The maximum absolute atomic E-state index is 13.8. The molecule has 0 radical (unpaired) electrons. The fraction of sp³-hybridized carbons (Fsp3) is 0.0667. The number of aliphatic carboxylic acids is 1. The van der Waals surface area contributed by atoms with Crippen LogP contribution in [0.15, 0.2) is 102 Å². The van der Waals surface area contributed by atoms with Crippen LogP contribution in [-0.2, 0) is 21.4 Å². The van der Waals surface area contributed by atoms with Crippen molar-refractivity contribution in [1.29, 1.82) is 5.41 Å². The normalized spacial score (nSPS) is 11.3. The number of amidine groups is 1. The Kier molecular flexibility index (Phi) is 7.36. The average Bonchev–Trinajstić information content (AvgIpc) is 2.97. The van der Waals surface area contributed by atoms with Crippen LogP contribution in [0.1, 0.15) is 21.5 Å². The van der Waals surface area contributed by atoms with Gasteiger partial charge in [-0.2, -0.15) is 0 Å². The molecule has 0 unspecified atom stereocenters. The Bertz CT molecular complexity index is 1920. The number of fused-ring (bicyclic) bond motifs is 2. The molecule has 0 saturated heterocycles. The number of hydrogen-bond acceptors (Lipinski definition) is 6. The van der Waals surface area contributed by atoms with Gasteiger partial charge in [-0.1, -0.05) is 60.7 Å². The van der Waals surface area contributed by atoms with Crippen molar-refractivity contribution in [3.63, 3.8) is 0 Å². The standard InChI is InChI=1S/C30H25N5O5S/c31-29(32)21-11-9-19(10-12-21)17-34-30(38)25-7-1-5-22-16-23(13-14-24(22)25)35(18-27(36)37)41(39,40)26-8-2-4-20-6-3-15-33-28(20)26/h1-16H,17-18H2,(H3,31,32)(H,34,38)(H,36,37). The Morgan fingerprint density at radius 2 is 1.63 bits per heavy atom. The SMILES string of the molecule is N=C(N)c1ccc(CNC(=O)c2cccc3cc(N(CC(=O)O)S(=O)(=O)c4cccc5cccnc45)ccc23)cc1. The van der Waals surface area contributed by atoms with E-state index in [1.807, 2.05) is 0 Å².